The summed E-state index contributed by atoms with van der Waals surface area (Å²) in [5.74, 6) is -0.00459. The van der Waals surface area contributed by atoms with Crippen molar-refractivity contribution in [2.24, 2.45) is 0 Å². The average molecular weight is 568 g/mol. The molecule has 1 unspecified atom stereocenters. The minimum absolute atomic E-state index is 0.0619. The van der Waals surface area contributed by atoms with E-state index in [1.807, 2.05) is 16.9 Å². The number of imide groups is 1. The van der Waals surface area contributed by atoms with Crippen LogP contribution in [-0.4, -0.2) is 76.3 Å². The number of hydrogen-bond acceptors (Lipinski definition) is 7. The number of fused-ring (bicyclic) bond motifs is 4. The van der Waals surface area contributed by atoms with E-state index in [1.165, 1.54) is 16.7 Å². The van der Waals surface area contributed by atoms with Crippen molar-refractivity contribution in [2.75, 3.05) is 32.9 Å². The van der Waals surface area contributed by atoms with Crippen LogP contribution in [0.5, 0.6) is 5.75 Å². The van der Waals surface area contributed by atoms with Crippen molar-refractivity contribution >= 4 is 17.7 Å². The van der Waals surface area contributed by atoms with E-state index in [-0.39, 0.29) is 23.7 Å². The summed E-state index contributed by atoms with van der Waals surface area (Å²) in [6.07, 6.45) is 6.63. The predicted molar refractivity (Wildman–Crippen MR) is 152 cm³/mol. The topological polar surface area (TPSA) is 106 Å². The first-order valence-corrected chi connectivity index (χ1v) is 14.8. The fourth-order valence-electron chi connectivity index (χ4n) is 7.21. The van der Waals surface area contributed by atoms with Crippen molar-refractivity contribution in [3.05, 3.63) is 71.0 Å². The van der Waals surface area contributed by atoms with Crippen molar-refractivity contribution in [3.63, 3.8) is 0 Å². The summed E-state index contributed by atoms with van der Waals surface area (Å²) >= 11 is 0. The second kappa shape index (κ2) is 9.78. The second-order valence-electron chi connectivity index (χ2n) is 12.3. The number of amides is 3. The molecule has 3 amide bonds. The van der Waals surface area contributed by atoms with Gasteiger partial charge in [-0.15, -0.1) is 0 Å². The van der Waals surface area contributed by atoms with Crippen LogP contribution in [0.25, 0.3) is 11.1 Å². The first kappa shape index (κ1) is 25.7. The minimum Gasteiger partial charge on any atom is -0.492 e. The maximum atomic E-state index is 13.3. The van der Waals surface area contributed by atoms with E-state index in [0.29, 0.717) is 31.2 Å². The van der Waals surface area contributed by atoms with Crippen LogP contribution in [0, 0.1) is 0 Å². The van der Waals surface area contributed by atoms with Crippen molar-refractivity contribution in [3.8, 4) is 16.9 Å². The number of hydrogen-bond donors (Lipinski definition) is 1. The van der Waals surface area contributed by atoms with Crippen LogP contribution in [-0.2, 0) is 32.8 Å². The van der Waals surface area contributed by atoms with E-state index in [0.717, 1.165) is 62.6 Å². The zero-order valence-corrected chi connectivity index (χ0v) is 23.4. The Balaban J connectivity index is 0.949. The Morgan fingerprint density at radius 2 is 1.90 bits per heavy atom. The van der Waals surface area contributed by atoms with Crippen LogP contribution >= 0.6 is 0 Å². The molecule has 2 aromatic carbocycles. The van der Waals surface area contributed by atoms with Crippen LogP contribution in [0.1, 0.15) is 58.8 Å². The second-order valence-corrected chi connectivity index (χ2v) is 12.3. The molecule has 1 aromatic heterocycles. The average Bonchev–Trinajstić information content (AvgIpc) is 3.67. The van der Waals surface area contributed by atoms with E-state index in [9.17, 15) is 14.4 Å². The maximum Gasteiger partial charge on any atom is 0.255 e. The number of piperidine rings is 2. The normalized spacial score (nSPS) is 23.5. The molecule has 5 aliphatic rings. The standard InChI is InChI=1S/C32H33N5O5/c38-28-7-6-27(30(39)34-28)36-16-25-24(31(36)40)4-5-26-29(25)42-19-32(26)8-10-35(11-9-32)14-20-2-1-3-21(12-20)22-13-33-37(15-22)23-17-41-18-23/h1-5,12-13,15,23,27H,6-11,14,16-19H2,(H,34,38,39). The lowest BCUT2D eigenvalue weighted by Gasteiger charge is -2.38. The Morgan fingerprint density at radius 1 is 1.05 bits per heavy atom. The van der Waals surface area contributed by atoms with Crippen molar-refractivity contribution in [2.45, 2.75) is 56.3 Å². The largest absolute Gasteiger partial charge is 0.492 e. The van der Waals surface area contributed by atoms with Gasteiger partial charge < -0.3 is 14.4 Å². The number of benzene rings is 2. The third kappa shape index (κ3) is 4.15. The van der Waals surface area contributed by atoms with Gasteiger partial charge in [0.25, 0.3) is 5.91 Å². The molecule has 3 saturated heterocycles. The number of ether oxygens (including phenoxy) is 2. The summed E-state index contributed by atoms with van der Waals surface area (Å²) in [5, 5.41) is 6.92. The van der Waals surface area contributed by atoms with Gasteiger partial charge in [-0.25, -0.2) is 0 Å². The highest BCUT2D eigenvalue weighted by molar-refractivity contribution is 6.05. The molecule has 8 rings (SSSR count). The zero-order valence-electron chi connectivity index (χ0n) is 23.4. The van der Waals surface area contributed by atoms with E-state index < -0.39 is 11.9 Å². The SMILES string of the molecule is O=C1CCC(N2Cc3c(ccc4c3OCC43CCN(Cc4cccc(-c5cnn(C6COC6)c5)c4)CC3)C2=O)C(=O)N1. The first-order chi connectivity index (χ1) is 20.5. The number of nitrogens with one attached hydrogen (secondary N) is 1. The molecule has 0 radical (unpaired) electrons. The lowest BCUT2D eigenvalue weighted by atomic mass is 9.74. The molecule has 42 heavy (non-hydrogen) atoms. The number of rotatable bonds is 5. The molecule has 0 aliphatic carbocycles. The number of nitrogens with zero attached hydrogens (tertiary/aromatic N) is 4. The van der Waals surface area contributed by atoms with Crippen LogP contribution in [0.2, 0.25) is 0 Å². The summed E-state index contributed by atoms with van der Waals surface area (Å²) in [5.41, 5.74) is 6.22. The van der Waals surface area contributed by atoms with Gasteiger partial charge in [0.2, 0.25) is 11.8 Å². The van der Waals surface area contributed by atoms with Crippen molar-refractivity contribution < 1.29 is 23.9 Å². The lowest BCUT2D eigenvalue weighted by molar-refractivity contribution is -0.136. The summed E-state index contributed by atoms with van der Waals surface area (Å²) in [4.78, 5) is 41.5. The molecule has 3 fully saturated rings. The molecule has 0 bridgehead atoms. The van der Waals surface area contributed by atoms with E-state index in [4.69, 9.17) is 9.47 Å². The summed E-state index contributed by atoms with van der Waals surface area (Å²) in [6, 6.07) is 12.4. The Bertz CT molecular complexity index is 1600. The van der Waals surface area contributed by atoms with Crippen molar-refractivity contribution in [1.29, 1.82) is 0 Å². The highest BCUT2D eigenvalue weighted by Crippen LogP contribution is 2.49. The van der Waals surface area contributed by atoms with E-state index in [1.54, 1.807) is 4.90 Å². The van der Waals surface area contributed by atoms with Gasteiger partial charge in [-0.05, 0) is 55.6 Å². The molecule has 10 heteroatoms. The molecule has 216 valence electrons. The minimum atomic E-state index is -0.621. The summed E-state index contributed by atoms with van der Waals surface area (Å²) in [6.45, 7) is 5.24. The van der Waals surface area contributed by atoms with Gasteiger partial charge in [0, 0.05) is 46.8 Å². The number of carbonyl (C=O) groups excluding carboxylic acids is 3. The molecule has 1 N–H and O–H groups in total. The van der Waals surface area contributed by atoms with E-state index in [2.05, 4.69) is 51.8 Å². The molecule has 6 heterocycles. The number of aromatic nitrogens is 2. The Morgan fingerprint density at radius 3 is 2.69 bits per heavy atom. The van der Waals surface area contributed by atoms with Gasteiger partial charge in [-0.3, -0.25) is 29.3 Å². The Kier molecular flexibility index (Phi) is 5.98. The van der Waals surface area contributed by atoms with E-state index >= 15 is 0 Å². The summed E-state index contributed by atoms with van der Waals surface area (Å²) in [7, 11) is 0. The highest BCUT2D eigenvalue weighted by atomic mass is 16.5. The maximum absolute atomic E-state index is 13.3. The molecular formula is C32H33N5O5. The molecule has 0 saturated carbocycles. The van der Waals surface area contributed by atoms with Crippen LogP contribution < -0.4 is 10.1 Å². The molecule has 3 aromatic rings. The number of carbonyl (C=O) groups is 3. The van der Waals surface area contributed by atoms with Crippen molar-refractivity contribution in [1.82, 2.24) is 24.9 Å². The fraction of sp³-hybridized carbons (Fsp3) is 0.438. The van der Waals surface area contributed by atoms with Gasteiger partial charge in [0.05, 0.1) is 38.6 Å². The van der Waals surface area contributed by atoms with Crippen LogP contribution in [0.3, 0.4) is 0 Å². The molecular weight excluding hydrogens is 534 g/mol. The van der Waals surface area contributed by atoms with Gasteiger partial charge in [0.1, 0.15) is 11.8 Å². The third-order valence-electron chi connectivity index (χ3n) is 9.81. The van der Waals surface area contributed by atoms with Crippen LogP contribution in [0.15, 0.2) is 48.8 Å². The quantitative estimate of drug-likeness (QED) is 0.473. The Labute approximate surface area is 243 Å². The smallest absolute Gasteiger partial charge is 0.255 e. The highest BCUT2D eigenvalue weighted by Gasteiger charge is 2.47. The predicted octanol–water partition coefficient (Wildman–Crippen LogP) is 2.81. The van der Waals surface area contributed by atoms with Crippen LogP contribution in [0.4, 0.5) is 0 Å². The molecule has 5 aliphatic heterocycles. The zero-order chi connectivity index (χ0) is 28.4. The third-order valence-corrected chi connectivity index (χ3v) is 9.81. The summed E-state index contributed by atoms with van der Waals surface area (Å²) < 4.78 is 13.7. The molecule has 1 atom stereocenters. The van der Waals surface area contributed by atoms with Gasteiger partial charge in [-0.1, -0.05) is 24.3 Å². The van der Waals surface area contributed by atoms with Gasteiger partial charge >= 0.3 is 0 Å². The first-order valence-electron chi connectivity index (χ1n) is 14.8. The molecule has 1 spiro atoms. The fourth-order valence-corrected chi connectivity index (χ4v) is 7.21. The monoisotopic (exact) mass is 567 g/mol. The number of likely N-dealkylation sites (tertiary alicyclic amines) is 1. The Hall–Kier alpha value is -4.02. The van der Waals surface area contributed by atoms with Gasteiger partial charge in [0.15, 0.2) is 0 Å². The molecule has 10 nitrogen and oxygen atoms in total. The van der Waals surface area contributed by atoms with Gasteiger partial charge in [-0.2, -0.15) is 5.10 Å². The lowest BCUT2D eigenvalue weighted by Crippen LogP contribution is -2.52.